The van der Waals surface area contributed by atoms with E-state index in [0.29, 0.717) is 26.2 Å². The van der Waals surface area contributed by atoms with Gasteiger partial charge in [0.2, 0.25) is 0 Å². The van der Waals surface area contributed by atoms with Crippen LogP contribution in [0.15, 0.2) is 59.3 Å². The Morgan fingerprint density at radius 3 is 2.26 bits per heavy atom. The van der Waals surface area contributed by atoms with Crippen molar-refractivity contribution in [1.29, 1.82) is 0 Å². The molecule has 31 heavy (non-hydrogen) atoms. The first-order valence-electron chi connectivity index (χ1n) is 9.57. The molecule has 0 saturated carbocycles. The molecule has 2 amide bonds. The number of non-ortho nitro benzene ring substituents is 1. The van der Waals surface area contributed by atoms with E-state index in [1.807, 2.05) is 24.3 Å². The van der Waals surface area contributed by atoms with Gasteiger partial charge in [-0.2, -0.15) is 0 Å². The van der Waals surface area contributed by atoms with Gasteiger partial charge in [0, 0.05) is 50.1 Å². The van der Waals surface area contributed by atoms with Gasteiger partial charge < -0.3 is 14.5 Å². The largest absolute Gasteiger partial charge is 0.497 e. The van der Waals surface area contributed by atoms with E-state index in [-0.39, 0.29) is 22.1 Å². The number of amides is 2. The van der Waals surface area contributed by atoms with Crippen molar-refractivity contribution in [2.75, 3.05) is 43.1 Å². The molecular weight excluding hydrogens is 424 g/mol. The zero-order valence-corrected chi connectivity index (χ0v) is 17.4. The van der Waals surface area contributed by atoms with Crippen LogP contribution < -0.4 is 14.5 Å². The van der Waals surface area contributed by atoms with E-state index >= 15 is 0 Å². The van der Waals surface area contributed by atoms with Crippen LogP contribution in [0, 0.1) is 10.1 Å². The number of rotatable bonds is 5. The molecule has 1 fully saturated rings. The van der Waals surface area contributed by atoms with Crippen LogP contribution in [-0.2, 0) is 9.59 Å². The molecule has 2 aromatic rings. The monoisotopic (exact) mass is 442 g/mol. The smallest absolute Gasteiger partial charge is 0.283 e. The van der Waals surface area contributed by atoms with Gasteiger partial charge in [0.1, 0.15) is 16.5 Å². The third-order valence-electron chi connectivity index (χ3n) is 5.32. The number of benzene rings is 2. The molecule has 0 radical (unpaired) electrons. The molecule has 160 valence electrons. The number of nitro groups is 1. The summed E-state index contributed by atoms with van der Waals surface area (Å²) in [4.78, 5) is 41.1. The number of ether oxygens (including phenoxy) is 1. The Labute approximate surface area is 183 Å². The highest BCUT2D eigenvalue weighted by molar-refractivity contribution is 6.52. The maximum absolute atomic E-state index is 13.1. The Bertz CT molecular complexity index is 1090. The Morgan fingerprint density at radius 1 is 0.935 bits per heavy atom. The number of anilines is 2. The third-order valence-corrected chi connectivity index (χ3v) is 5.66. The van der Waals surface area contributed by atoms with Crippen molar-refractivity contribution >= 4 is 40.5 Å². The number of carbonyl (C=O) groups is 2. The van der Waals surface area contributed by atoms with E-state index in [9.17, 15) is 19.7 Å². The second-order valence-electron chi connectivity index (χ2n) is 7.06. The first-order valence-corrected chi connectivity index (χ1v) is 9.95. The van der Waals surface area contributed by atoms with E-state index in [2.05, 4.69) is 4.90 Å². The normalized spacial score (nSPS) is 16.9. The molecule has 10 heteroatoms. The van der Waals surface area contributed by atoms with Crippen LogP contribution in [0.2, 0.25) is 0 Å². The molecule has 2 aromatic carbocycles. The highest BCUT2D eigenvalue weighted by Gasteiger charge is 2.42. The number of nitrogens with zero attached hydrogens (tertiary/aromatic N) is 4. The zero-order chi connectivity index (χ0) is 22.1. The fraction of sp³-hybridized carbons (Fsp3) is 0.238. The molecule has 2 aliphatic rings. The molecule has 0 unspecified atom stereocenters. The summed E-state index contributed by atoms with van der Waals surface area (Å²) in [6.07, 6.45) is 0. The molecule has 0 aromatic heterocycles. The lowest BCUT2D eigenvalue weighted by atomic mass is 10.2. The predicted molar refractivity (Wildman–Crippen MR) is 115 cm³/mol. The van der Waals surface area contributed by atoms with Gasteiger partial charge in [0.25, 0.3) is 17.5 Å². The van der Waals surface area contributed by atoms with Crippen LogP contribution in [0.3, 0.4) is 0 Å². The minimum atomic E-state index is -0.683. The molecule has 4 rings (SSSR count). The molecule has 0 bridgehead atoms. The lowest BCUT2D eigenvalue weighted by molar-refractivity contribution is -0.384. The predicted octanol–water partition coefficient (Wildman–Crippen LogP) is 2.75. The number of halogens is 1. The fourth-order valence-electron chi connectivity index (χ4n) is 3.74. The maximum atomic E-state index is 13.1. The Balaban J connectivity index is 1.51. The minimum Gasteiger partial charge on any atom is -0.497 e. The van der Waals surface area contributed by atoms with Crippen LogP contribution in [0.4, 0.5) is 17.1 Å². The van der Waals surface area contributed by atoms with Crippen LogP contribution in [0.25, 0.3) is 0 Å². The molecule has 1 saturated heterocycles. The van der Waals surface area contributed by atoms with Crippen LogP contribution >= 0.6 is 11.6 Å². The molecule has 0 spiro atoms. The maximum Gasteiger partial charge on any atom is 0.283 e. The van der Waals surface area contributed by atoms with Crippen molar-refractivity contribution in [3.05, 3.63) is 69.4 Å². The second kappa shape index (κ2) is 8.27. The average Bonchev–Trinajstić information content (AvgIpc) is 3.02. The van der Waals surface area contributed by atoms with Gasteiger partial charge in [-0.15, -0.1) is 0 Å². The SMILES string of the molecule is COc1cccc(N2CCN(C3=C(Cl)C(=O)N(c4cccc([N+](=O)[O-])c4)C3=O)CC2)c1. The van der Waals surface area contributed by atoms with E-state index in [0.717, 1.165) is 16.3 Å². The number of hydrogen-bond donors (Lipinski definition) is 0. The highest BCUT2D eigenvalue weighted by Crippen LogP contribution is 2.33. The van der Waals surface area contributed by atoms with Gasteiger partial charge in [0.15, 0.2) is 0 Å². The topological polar surface area (TPSA) is 96.2 Å². The number of nitro benzene ring substituents is 1. The van der Waals surface area contributed by atoms with Crippen molar-refractivity contribution in [3.63, 3.8) is 0 Å². The van der Waals surface area contributed by atoms with Gasteiger partial charge in [0.05, 0.1) is 17.7 Å². The molecule has 2 heterocycles. The average molecular weight is 443 g/mol. The Morgan fingerprint density at radius 2 is 1.58 bits per heavy atom. The summed E-state index contributed by atoms with van der Waals surface area (Å²) in [7, 11) is 1.61. The molecule has 0 N–H and O–H groups in total. The highest BCUT2D eigenvalue weighted by atomic mass is 35.5. The van der Waals surface area contributed by atoms with E-state index < -0.39 is 16.7 Å². The zero-order valence-electron chi connectivity index (χ0n) is 16.7. The molecular formula is C21H19ClN4O5. The summed E-state index contributed by atoms with van der Waals surface area (Å²) in [6.45, 7) is 2.23. The van der Waals surface area contributed by atoms with Crippen LogP contribution in [0.5, 0.6) is 5.75 Å². The Kier molecular flexibility index (Phi) is 5.51. The number of hydrogen-bond acceptors (Lipinski definition) is 7. The summed E-state index contributed by atoms with van der Waals surface area (Å²) in [5, 5.41) is 10.9. The summed E-state index contributed by atoms with van der Waals surface area (Å²) in [5.74, 6) is -0.502. The number of carbonyl (C=O) groups excluding carboxylic acids is 2. The second-order valence-corrected chi connectivity index (χ2v) is 7.44. The number of piperazine rings is 1. The third kappa shape index (κ3) is 3.79. The van der Waals surface area contributed by atoms with Crippen molar-refractivity contribution in [2.24, 2.45) is 0 Å². The van der Waals surface area contributed by atoms with Gasteiger partial charge in [-0.05, 0) is 18.2 Å². The van der Waals surface area contributed by atoms with Crippen LogP contribution in [0.1, 0.15) is 0 Å². The first kappa shape index (κ1) is 20.7. The van der Waals surface area contributed by atoms with Crippen molar-refractivity contribution in [2.45, 2.75) is 0 Å². The van der Waals surface area contributed by atoms with E-state index in [1.165, 1.54) is 24.3 Å². The quantitative estimate of drug-likeness (QED) is 0.399. The van der Waals surface area contributed by atoms with Crippen molar-refractivity contribution in [3.8, 4) is 5.75 Å². The van der Waals surface area contributed by atoms with E-state index in [1.54, 1.807) is 12.0 Å². The number of methoxy groups -OCH3 is 1. The van der Waals surface area contributed by atoms with Gasteiger partial charge in [-0.1, -0.05) is 23.7 Å². The molecule has 0 atom stereocenters. The minimum absolute atomic E-state index is 0.118. The lowest BCUT2D eigenvalue weighted by Crippen LogP contribution is -2.47. The van der Waals surface area contributed by atoms with E-state index in [4.69, 9.17) is 16.3 Å². The summed E-state index contributed by atoms with van der Waals surface area (Å²) in [6, 6.07) is 13.1. The Hall–Kier alpha value is -3.59. The van der Waals surface area contributed by atoms with Gasteiger partial charge >= 0.3 is 0 Å². The van der Waals surface area contributed by atoms with Crippen LogP contribution in [-0.4, -0.2) is 54.9 Å². The van der Waals surface area contributed by atoms with Crippen molar-refractivity contribution < 1.29 is 19.2 Å². The summed E-state index contributed by atoms with van der Waals surface area (Å²) in [5.41, 5.74) is 1.04. The number of imide groups is 1. The van der Waals surface area contributed by atoms with Gasteiger partial charge in [-0.3, -0.25) is 19.7 Å². The summed E-state index contributed by atoms with van der Waals surface area (Å²) >= 11 is 6.26. The first-order chi connectivity index (χ1) is 14.9. The molecule has 0 aliphatic carbocycles. The lowest BCUT2D eigenvalue weighted by Gasteiger charge is -2.37. The van der Waals surface area contributed by atoms with Crippen molar-refractivity contribution in [1.82, 2.24) is 4.90 Å². The standard InChI is InChI=1S/C21H19ClN4O5/c1-31-17-7-3-4-14(13-17)23-8-10-24(11-9-23)19-18(22)20(27)25(21(19)28)15-5-2-6-16(12-15)26(29)30/h2-7,12-13H,8-11H2,1H3. The van der Waals surface area contributed by atoms with Gasteiger partial charge in [-0.25, -0.2) is 4.90 Å². The molecule has 9 nitrogen and oxygen atoms in total. The molecule has 2 aliphatic heterocycles. The summed E-state index contributed by atoms with van der Waals surface area (Å²) < 4.78 is 5.27. The fourth-order valence-corrected chi connectivity index (χ4v) is 4.03.